The molecule has 0 bridgehead atoms. The molecule has 20 heavy (non-hydrogen) atoms. The highest BCUT2D eigenvalue weighted by Gasteiger charge is 2.24. The van der Waals surface area contributed by atoms with Crippen LogP contribution in [0.15, 0.2) is 24.3 Å². The van der Waals surface area contributed by atoms with Crippen LogP contribution in [0.3, 0.4) is 0 Å². The zero-order chi connectivity index (χ0) is 14.9. The Morgan fingerprint density at radius 2 is 2.15 bits per heavy atom. The van der Waals surface area contributed by atoms with E-state index in [1.807, 2.05) is 0 Å². The molecule has 0 aliphatic rings. The molecule has 5 nitrogen and oxygen atoms in total. The fourth-order valence-corrected chi connectivity index (χ4v) is 2.38. The summed E-state index contributed by atoms with van der Waals surface area (Å²) < 4.78 is 31.6. The minimum atomic E-state index is -1.23. The summed E-state index contributed by atoms with van der Waals surface area (Å²) in [5.74, 6) is -2.79. The molecular weight excluding hydrogens is 292 g/mol. The Balaban J connectivity index is 2.42. The summed E-state index contributed by atoms with van der Waals surface area (Å²) in [5.41, 5.74) is -0.408. The lowest BCUT2D eigenvalue weighted by Crippen LogP contribution is -1.93. The third kappa shape index (κ3) is 2.75. The Morgan fingerprint density at radius 1 is 1.45 bits per heavy atom. The number of thiophene rings is 1. The van der Waals surface area contributed by atoms with E-state index in [2.05, 4.69) is 0 Å². The van der Waals surface area contributed by atoms with Gasteiger partial charge in [-0.25, -0.2) is 4.39 Å². The fraction of sp³-hybridized carbons (Fsp3) is 0.167. The van der Waals surface area contributed by atoms with Crippen molar-refractivity contribution in [3.63, 3.8) is 0 Å². The van der Waals surface area contributed by atoms with Crippen molar-refractivity contribution in [1.82, 2.24) is 0 Å². The number of halogens is 2. The van der Waals surface area contributed by atoms with E-state index < -0.39 is 34.1 Å². The molecule has 1 heterocycles. The number of rotatable bonds is 4. The van der Waals surface area contributed by atoms with Crippen LogP contribution >= 0.6 is 11.3 Å². The summed E-state index contributed by atoms with van der Waals surface area (Å²) in [6, 6.07) is 4.43. The number of ether oxygens (including phenoxy) is 1. The molecular formula is C12H9F2NO4S. The van der Waals surface area contributed by atoms with Gasteiger partial charge in [-0.15, -0.1) is 0 Å². The van der Waals surface area contributed by atoms with Crippen LogP contribution in [0.4, 0.5) is 14.5 Å². The maximum absolute atomic E-state index is 13.5. The normalized spacial score (nSPS) is 12.2. The highest BCUT2D eigenvalue weighted by atomic mass is 32.1. The molecule has 0 fully saturated rings. The molecule has 106 valence electrons. The average molecular weight is 301 g/mol. The number of nitrogens with zero attached hydrogens (tertiary/aromatic N) is 1. The van der Waals surface area contributed by atoms with E-state index in [1.165, 1.54) is 13.0 Å². The topological polar surface area (TPSA) is 72.6 Å². The second-order valence-corrected chi connectivity index (χ2v) is 4.95. The molecule has 0 saturated heterocycles. The number of hydrogen-bond donors (Lipinski definition) is 1. The molecule has 0 saturated carbocycles. The van der Waals surface area contributed by atoms with Crippen molar-refractivity contribution in [3.8, 4) is 10.8 Å². The largest absolute Gasteiger partial charge is 0.437 e. The van der Waals surface area contributed by atoms with Gasteiger partial charge < -0.3 is 9.84 Å². The van der Waals surface area contributed by atoms with Gasteiger partial charge in [0, 0.05) is 10.9 Å². The Labute approximate surface area is 116 Å². The first-order valence-corrected chi connectivity index (χ1v) is 6.30. The van der Waals surface area contributed by atoms with Crippen molar-refractivity contribution in [2.24, 2.45) is 0 Å². The van der Waals surface area contributed by atoms with Gasteiger partial charge in [0.25, 0.3) is 5.06 Å². The quantitative estimate of drug-likeness (QED) is 0.689. The molecule has 1 N–H and O–H groups in total. The summed E-state index contributed by atoms with van der Waals surface area (Å²) in [6.45, 7) is 1.43. The number of nitro groups is 1. The molecule has 1 aromatic heterocycles. The standard InChI is InChI=1S/C12H9F2NO4S/c1-6(16)10-5-8(15(17)18)12(20-10)19-9-4-2-3-7(13)11(9)14/h2-6,16H,1H3. The molecule has 1 atom stereocenters. The highest BCUT2D eigenvalue weighted by molar-refractivity contribution is 7.14. The molecule has 2 rings (SSSR count). The molecule has 0 aliphatic heterocycles. The van der Waals surface area contributed by atoms with Crippen molar-refractivity contribution >= 4 is 17.0 Å². The predicted octanol–water partition coefficient (Wildman–Crippen LogP) is 3.78. The van der Waals surface area contributed by atoms with Crippen molar-refractivity contribution in [2.75, 3.05) is 0 Å². The van der Waals surface area contributed by atoms with Gasteiger partial charge in [0.1, 0.15) is 0 Å². The van der Waals surface area contributed by atoms with E-state index >= 15 is 0 Å². The lowest BCUT2D eigenvalue weighted by molar-refractivity contribution is -0.385. The Hall–Kier alpha value is -2.06. The van der Waals surface area contributed by atoms with E-state index in [1.54, 1.807) is 0 Å². The van der Waals surface area contributed by atoms with Crippen LogP contribution < -0.4 is 4.74 Å². The van der Waals surface area contributed by atoms with E-state index in [0.29, 0.717) is 4.88 Å². The van der Waals surface area contributed by atoms with Crippen molar-refractivity contribution in [3.05, 3.63) is 50.9 Å². The zero-order valence-corrected chi connectivity index (χ0v) is 11.0. The van der Waals surface area contributed by atoms with Crippen LogP contribution in [-0.2, 0) is 0 Å². The maximum atomic E-state index is 13.5. The van der Waals surface area contributed by atoms with Gasteiger partial charge in [-0.1, -0.05) is 17.4 Å². The van der Waals surface area contributed by atoms with E-state index in [9.17, 15) is 24.0 Å². The predicted molar refractivity (Wildman–Crippen MR) is 68.0 cm³/mol. The number of aliphatic hydroxyl groups is 1. The number of aliphatic hydroxyl groups excluding tert-OH is 1. The third-order valence-corrected chi connectivity index (χ3v) is 3.60. The first-order chi connectivity index (χ1) is 9.40. The second-order valence-electron chi connectivity index (χ2n) is 3.91. The molecule has 0 aliphatic carbocycles. The molecule has 0 radical (unpaired) electrons. The monoisotopic (exact) mass is 301 g/mol. The molecule has 2 aromatic rings. The number of benzene rings is 1. The minimum Gasteiger partial charge on any atom is -0.437 e. The van der Waals surface area contributed by atoms with E-state index in [0.717, 1.165) is 29.5 Å². The molecule has 0 amide bonds. The summed E-state index contributed by atoms with van der Waals surface area (Å²) in [5, 5.41) is 20.1. The van der Waals surface area contributed by atoms with Gasteiger partial charge in [-0.3, -0.25) is 10.1 Å². The maximum Gasteiger partial charge on any atom is 0.323 e. The van der Waals surface area contributed by atoms with Crippen LogP contribution in [0.5, 0.6) is 10.8 Å². The van der Waals surface area contributed by atoms with Crippen LogP contribution in [0, 0.1) is 21.7 Å². The highest BCUT2D eigenvalue weighted by Crippen LogP contribution is 2.42. The second kappa shape index (κ2) is 5.51. The molecule has 1 unspecified atom stereocenters. The summed E-state index contributed by atoms with van der Waals surface area (Å²) in [4.78, 5) is 10.5. The Kier molecular flexibility index (Phi) is 3.96. The Morgan fingerprint density at radius 3 is 2.75 bits per heavy atom. The van der Waals surface area contributed by atoms with Crippen LogP contribution in [-0.4, -0.2) is 10.0 Å². The first-order valence-electron chi connectivity index (χ1n) is 5.48. The van der Waals surface area contributed by atoms with Crippen LogP contribution in [0.2, 0.25) is 0 Å². The Bertz CT molecular complexity index is 657. The van der Waals surface area contributed by atoms with E-state index in [-0.39, 0.29) is 5.06 Å². The SMILES string of the molecule is CC(O)c1cc([N+](=O)[O-])c(Oc2cccc(F)c2F)s1. The molecule has 8 heteroatoms. The van der Waals surface area contributed by atoms with Gasteiger partial charge >= 0.3 is 5.69 Å². The van der Waals surface area contributed by atoms with Crippen LogP contribution in [0.1, 0.15) is 17.9 Å². The van der Waals surface area contributed by atoms with Gasteiger partial charge in [0.15, 0.2) is 11.6 Å². The summed E-state index contributed by atoms with van der Waals surface area (Å²) in [6.07, 6.45) is -0.923. The van der Waals surface area contributed by atoms with Gasteiger partial charge in [-0.2, -0.15) is 4.39 Å². The van der Waals surface area contributed by atoms with Crippen molar-refractivity contribution < 1.29 is 23.5 Å². The fourth-order valence-electron chi connectivity index (χ4n) is 1.45. The zero-order valence-electron chi connectivity index (χ0n) is 10.2. The van der Waals surface area contributed by atoms with Gasteiger partial charge in [-0.05, 0) is 19.1 Å². The molecule has 0 spiro atoms. The summed E-state index contributed by atoms with van der Waals surface area (Å²) >= 11 is 0.802. The van der Waals surface area contributed by atoms with Gasteiger partial charge in [0.2, 0.25) is 5.82 Å². The van der Waals surface area contributed by atoms with Crippen molar-refractivity contribution in [2.45, 2.75) is 13.0 Å². The van der Waals surface area contributed by atoms with Crippen molar-refractivity contribution in [1.29, 1.82) is 0 Å². The van der Waals surface area contributed by atoms with Gasteiger partial charge in [0.05, 0.1) is 11.0 Å². The minimum absolute atomic E-state index is 0.213. The third-order valence-electron chi connectivity index (χ3n) is 2.43. The van der Waals surface area contributed by atoms with E-state index in [4.69, 9.17) is 4.74 Å². The smallest absolute Gasteiger partial charge is 0.323 e. The van der Waals surface area contributed by atoms with Crippen LogP contribution in [0.25, 0.3) is 0 Å². The first kappa shape index (κ1) is 14.4. The average Bonchev–Trinajstić information content (AvgIpc) is 2.79. The lowest BCUT2D eigenvalue weighted by atomic mass is 10.3. The molecule has 1 aromatic carbocycles. The number of hydrogen-bond acceptors (Lipinski definition) is 5. The summed E-state index contributed by atoms with van der Waals surface area (Å²) in [7, 11) is 0. The lowest BCUT2D eigenvalue weighted by Gasteiger charge is -2.04.